The van der Waals surface area contributed by atoms with E-state index in [2.05, 4.69) is 22.1 Å². The van der Waals surface area contributed by atoms with Crippen LogP contribution in [-0.4, -0.2) is 85.8 Å². The predicted octanol–water partition coefficient (Wildman–Crippen LogP) is 4.82. The maximum atomic E-state index is 14.6. The minimum Gasteiger partial charge on any atom is -0.508 e. The van der Waals surface area contributed by atoms with Crippen LogP contribution in [0.25, 0.3) is 27.8 Å². The third kappa shape index (κ3) is 6.71. The Morgan fingerprint density at radius 3 is 2.71 bits per heavy atom. The highest BCUT2D eigenvalue weighted by Gasteiger charge is 2.30. The lowest BCUT2D eigenvalue weighted by atomic mass is 9.90. The van der Waals surface area contributed by atoms with Crippen LogP contribution in [0.3, 0.4) is 0 Å². The molecule has 52 heavy (non-hydrogen) atoms. The van der Waals surface area contributed by atoms with E-state index in [-0.39, 0.29) is 46.8 Å². The summed E-state index contributed by atoms with van der Waals surface area (Å²) in [7, 11) is 0. The Labute approximate surface area is 299 Å². The third-order valence-electron chi connectivity index (χ3n) is 10.7. The summed E-state index contributed by atoms with van der Waals surface area (Å²) in [5.74, 6) is -0.0299. The Morgan fingerprint density at radius 1 is 1.04 bits per heavy atom. The Bertz CT molecular complexity index is 2220. The largest absolute Gasteiger partial charge is 0.508 e. The summed E-state index contributed by atoms with van der Waals surface area (Å²) in [5, 5.41) is 14.1. The van der Waals surface area contributed by atoms with E-state index >= 15 is 0 Å². The zero-order valence-electron chi connectivity index (χ0n) is 28.9. The fourth-order valence-corrected chi connectivity index (χ4v) is 7.93. The molecule has 4 aromatic rings. The van der Waals surface area contributed by atoms with E-state index in [9.17, 15) is 23.5 Å². The van der Waals surface area contributed by atoms with Gasteiger partial charge in [-0.1, -0.05) is 18.2 Å². The Kier molecular flexibility index (Phi) is 9.32. The number of aromatic hydroxyl groups is 1. The molecule has 0 spiro atoms. The van der Waals surface area contributed by atoms with Crippen molar-refractivity contribution in [2.75, 3.05) is 32.8 Å². The van der Waals surface area contributed by atoms with Crippen molar-refractivity contribution in [3.05, 3.63) is 111 Å². The zero-order valence-corrected chi connectivity index (χ0v) is 28.9. The number of pyridine rings is 1. The highest BCUT2D eigenvalue weighted by molar-refractivity contribution is 5.96. The van der Waals surface area contributed by atoms with Crippen molar-refractivity contribution < 1.29 is 18.6 Å². The van der Waals surface area contributed by atoms with Crippen LogP contribution in [-0.2, 0) is 11.3 Å². The van der Waals surface area contributed by atoms with Gasteiger partial charge in [-0.2, -0.15) is 0 Å². The van der Waals surface area contributed by atoms with Gasteiger partial charge in [0.25, 0.3) is 5.56 Å². The lowest BCUT2D eigenvalue weighted by Crippen LogP contribution is -2.45. The predicted molar refractivity (Wildman–Crippen MR) is 195 cm³/mol. The zero-order chi connectivity index (χ0) is 35.9. The van der Waals surface area contributed by atoms with Gasteiger partial charge in [0.2, 0.25) is 0 Å². The summed E-state index contributed by atoms with van der Waals surface area (Å²) in [4.78, 5) is 41.4. The number of phenolic OH excluding ortho intramolecular Hbond substituents is 1. The highest BCUT2D eigenvalue weighted by atomic mass is 19.1. The van der Waals surface area contributed by atoms with Crippen molar-refractivity contribution >= 4 is 16.9 Å². The standard InChI is InChI=1S/C39H41F2N7O4/c1-24-23-52-14-13-45(24)20-26-16-33(49)10-11-34(26)25-3-2-4-32(15-25)47-37-35(17-28(41)18-43-37)38(50)48(39(47)51)31-8-6-29(7-9-31)42-19-30-22-46-21-27(40)5-12-36(46)44-30/h2-5,10-12,15-18,21,24,29-31,42,49H,6-9,13-14,19-20,22-23H2,1H3/t24-,29?,30?,31?/m0/s1. The van der Waals surface area contributed by atoms with Gasteiger partial charge in [0, 0.05) is 50.5 Å². The van der Waals surface area contributed by atoms with Gasteiger partial charge in [-0.3, -0.25) is 19.3 Å². The molecule has 0 radical (unpaired) electrons. The average molecular weight is 710 g/mol. The number of aromatic nitrogens is 3. The number of hydrogen-bond donors (Lipinski definition) is 2. The molecular weight excluding hydrogens is 668 g/mol. The van der Waals surface area contributed by atoms with Gasteiger partial charge in [0.1, 0.15) is 23.2 Å². The minimum atomic E-state index is -0.658. The van der Waals surface area contributed by atoms with Crippen molar-refractivity contribution in [2.24, 2.45) is 4.99 Å². The number of amidine groups is 1. The number of ether oxygens (including phenoxy) is 1. The molecule has 1 unspecified atom stereocenters. The maximum Gasteiger partial charge on any atom is 0.337 e. The molecule has 11 nitrogen and oxygen atoms in total. The van der Waals surface area contributed by atoms with E-state index in [0.29, 0.717) is 51.4 Å². The van der Waals surface area contributed by atoms with E-state index < -0.39 is 17.1 Å². The van der Waals surface area contributed by atoms with Crippen LogP contribution in [0, 0.1) is 5.82 Å². The van der Waals surface area contributed by atoms with Crippen molar-refractivity contribution in [2.45, 2.75) is 63.3 Å². The normalized spacial score (nSPS) is 23.5. The summed E-state index contributed by atoms with van der Waals surface area (Å²) >= 11 is 0. The first-order chi connectivity index (χ1) is 25.2. The van der Waals surface area contributed by atoms with Crippen LogP contribution in [0.1, 0.15) is 44.2 Å². The van der Waals surface area contributed by atoms with E-state index in [0.717, 1.165) is 54.2 Å². The number of phenols is 1. The fourth-order valence-electron chi connectivity index (χ4n) is 7.93. The summed E-state index contributed by atoms with van der Waals surface area (Å²) in [6, 6.07) is 13.9. The van der Waals surface area contributed by atoms with Gasteiger partial charge < -0.3 is 20.1 Å². The first-order valence-electron chi connectivity index (χ1n) is 17.9. The number of fused-ring (bicyclic) bond motifs is 2. The first kappa shape index (κ1) is 34.1. The third-order valence-corrected chi connectivity index (χ3v) is 10.7. The first-order valence-corrected chi connectivity index (χ1v) is 17.9. The van der Waals surface area contributed by atoms with E-state index in [1.807, 2.05) is 29.2 Å². The molecule has 0 bridgehead atoms. The molecule has 13 heteroatoms. The Morgan fingerprint density at radius 2 is 1.88 bits per heavy atom. The summed E-state index contributed by atoms with van der Waals surface area (Å²) in [6.07, 6.45) is 8.22. The molecule has 0 amide bonds. The molecule has 3 aliphatic heterocycles. The van der Waals surface area contributed by atoms with Gasteiger partial charge in [0.05, 0.1) is 36.5 Å². The minimum absolute atomic E-state index is 0.00595. The van der Waals surface area contributed by atoms with E-state index in [1.54, 1.807) is 24.3 Å². The summed E-state index contributed by atoms with van der Waals surface area (Å²) < 4.78 is 36.6. The molecule has 1 aliphatic carbocycles. The summed E-state index contributed by atoms with van der Waals surface area (Å²) in [5.41, 5.74) is 2.15. The molecule has 1 saturated heterocycles. The number of nitrogens with one attached hydrogen (secondary N) is 1. The number of morpholine rings is 1. The average Bonchev–Trinajstić information content (AvgIpc) is 3.55. The quantitative estimate of drug-likeness (QED) is 0.268. The molecule has 1 saturated carbocycles. The number of hydrogen-bond acceptors (Lipinski definition) is 9. The van der Waals surface area contributed by atoms with Crippen LogP contribution in [0.5, 0.6) is 5.75 Å². The second-order valence-electron chi connectivity index (χ2n) is 14.2. The van der Waals surface area contributed by atoms with Gasteiger partial charge in [0.15, 0.2) is 5.65 Å². The highest BCUT2D eigenvalue weighted by Crippen LogP contribution is 2.32. The monoisotopic (exact) mass is 709 g/mol. The van der Waals surface area contributed by atoms with Gasteiger partial charge in [-0.15, -0.1) is 0 Å². The number of halogens is 2. The van der Waals surface area contributed by atoms with Gasteiger partial charge in [-0.25, -0.2) is 23.1 Å². The Hall–Kier alpha value is -4.98. The maximum absolute atomic E-state index is 14.6. The van der Waals surface area contributed by atoms with Crippen LogP contribution in [0.4, 0.5) is 8.78 Å². The van der Waals surface area contributed by atoms with E-state index in [1.165, 1.54) is 21.4 Å². The number of nitrogens with zero attached hydrogens (tertiary/aromatic N) is 6. The summed E-state index contributed by atoms with van der Waals surface area (Å²) in [6.45, 7) is 6.00. The van der Waals surface area contributed by atoms with E-state index in [4.69, 9.17) is 9.73 Å². The second kappa shape index (κ2) is 14.2. The number of benzene rings is 2. The molecule has 4 aliphatic rings. The van der Waals surface area contributed by atoms with Crippen molar-refractivity contribution in [1.82, 2.24) is 29.2 Å². The van der Waals surface area contributed by atoms with Crippen LogP contribution < -0.4 is 16.6 Å². The Balaban J connectivity index is 1.07. The van der Waals surface area contributed by atoms with Crippen molar-refractivity contribution in [3.63, 3.8) is 0 Å². The van der Waals surface area contributed by atoms with Crippen LogP contribution >= 0.6 is 0 Å². The second-order valence-corrected chi connectivity index (χ2v) is 14.2. The van der Waals surface area contributed by atoms with Crippen molar-refractivity contribution in [3.8, 4) is 22.6 Å². The molecule has 2 aromatic carbocycles. The molecule has 2 aromatic heterocycles. The lowest BCUT2D eigenvalue weighted by molar-refractivity contribution is -0.00431. The SMILES string of the molecule is C[C@H]1COCCN1Cc1cc(O)ccc1-c1cccc(-n2c(=O)n(C3CCC(NCC4CN5C=C(F)C=CC5=N4)CC3)c(=O)c3cc(F)cnc32)c1. The number of aliphatic imine (C=N–C) groups is 1. The van der Waals surface area contributed by atoms with Crippen molar-refractivity contribution in [1.29, 1.82) is 0 Å². The lowest BCUT2D eigenvalue weighted by Gasteiger charge is -2.33. The molecule has 2 atom stereocenters. The topological polar surface area (TPSA) is 117 Å². The molecular formula is C39H41F2N7O4. The van der Waals surface area contributed by atoms with Crippen LogP contribution in [0.2, 0.25) is 0 Å². The molecule has 2 fully saturated rings. The fraction of sp³-hybridized carbons (Fsp3) is 0.385. The molecule has 270 valence electrons. The van der Waals surface area contributed by atoms with Gasteiger partial charge >= 0.3 is 5.69 Å². The molecule has 8 rings (SSSR count). The number of rotatable bonds is 8. The smallest absolute Gasteiger partial charge is 0.337 e. The number of allylic oxidation sites excluding steroid dienone is 2. The molecule has 5 heterocycles. The molecule has 2 N–H and O–H groups in total. The van der Waals surface area contributed by atoms with Gasteiger partial charge in [-0.05, 0) is 91.8 Å². The van der Waals surface area contributed by atoms with Crippen LogP contribution in [0.15, 0.2) is 93.5 Å².